The Bertz CT molecular complexity index is 1110. The molecule has 6 heteroatoms. The Morgan fingerprint density at radius 3 is 2.27 bits per heavy atom. The summed E-state index contributed by atoms with van der Waals surface area (Å²) in [6, 6.07) is 19.8. The van der Waals surface area contributed by atoms with Crippen LogP contribution in [0.4, 0.5) is 5.13 Å². The summed E-state index contributed by atoms with van der Waals surface area (Å²) in [6.45, 7) is 1.79. The highest BCUT2D eigenvalue weighted by molar-refractivity contribution is 7.19. The van der Waals surface area contributed by atoms with E-state index < -0.39 is 0 Å². The maximum Gasteiger partial charge on any atom is 0.251 e. The fraction of sp³-hybridized carbons (Fsp3) is 0.0500. The summed E-state index contributed by atoms with van der Waals surface area (Å²) in [5.41, 5.74) is 10.3. The number of H-pyrrole nitrogens is 1. The Labute approximate surface area is 154 Å². The third kappa shape index (κ3) is 3.14. The molecule has 2 aromatic heterocycles. The second-order valence-corrected chi connectivity index (χ2v) is 6.94. The molecule has 0 aliphatic rings. The summed E-state index contributed by atoms with van der Waals surface area (Å²) < 4.78 is 0. The SMILES string of the molecule is Cc1cc(=O)[nH]c(-c2sc(N)nc2-c2ccc(-c3ccccc3)cc2)n1. The highest BCUT2D eigenvalue weighted by atomic mass is 32.1. The first-order valence-electron chi connectivity index (χ1n) is 8.10. The number of aryl methyl sites for hydroxylation is 1. The van der Waals surface area contributed by atoms with Gasteiger partial charge in [0, 0.05) is 17.3 Å². The zero-order chi connectivity index (χ0) is 18.1. The van der Waals surface area contributed by atoms with E-state index >= 15 is 0 Å². The van der Waals surface area contributed by atoms with Crippen LogP contribution in [0, 0.1) is 6.92 Å². The van der Waals surface area contributed by atoms with Crippen molar-refractivity contribution in [2.45, 2.75) is 6.92 Å². The summed E-state index contributed by atoms with van der Waals surface area (Å²) >= 11 is 1.31. The molecule has 128 valence electrons. The second-order valence-electron chi connectivity index (χ2n) is 5.91. The first kappa shape index (κ1) is 16.2. The fourth-order valence-corrected chi connectivity index (χ4v) is 3.63. The predicted molar refractivity (Wildman–Crippen MR) is 106 cm³/mol. The van der Waals surface area contributed by atoms with Gasteiger partial charge in [-0.3, -0.25) is 4.79 Å². The molecule has 0 spiro atoms. The van der Waals surface area contributed by atoms with Crippen molar-refractivity contribution in [3.63, 3.8) is 0 Å². The van der Waals surface area contributed by atoms with Gasteiger partial charge >= 0.3 is 0 Å². The van der Waals surface area contributed by atoms with Gasteiger partial charge in [-0.2, -0.15) is 0 Å². The van der Waals surface area contributed by atoms with Gasteiger partial charge < -0.3 is 10.7 Å². The first-order valence-corrected chi connectivity index (χ1v) is 8.92. The molecule has 3 N–H and O–H groups in total. The molecule has 0 saturated heterocycles. The minimum Gasteiger partial charge on any atom is -0.375 e. The lowest BCUT2D eigenvalue weighted by atomic mass is 10.0. The molecule has 0 aliphatic heterocycles. The van der Waals surface area contributed by atoms with Gasteiger partial charge in [0.25, 0.3) is 5.56 Å². The van der Waals surface area contributed by atoms with Crippen molar-refractivity contribution in [2.24, 2.45) is 0 Å². The number of nitrogens with one attached hydrogen (secondary N) is 1. The van der Waals surface area contributed by atoms with Crippen molar-refractivity contribution in [1.29, 1.82) is 0 Å². The Morgan fingerprint density at radius 1 is 0.923 bits per heavy atom. The van der Waals surface area contributed by atoms with Crippen molar-refractivity contribution in [1.82, 2.24) is 15.0 Å². The maximum absolute atomic E-state index is 11.8. The van der Waals surface area contributed by atoms with Crippen molar-refractivity contribution in [3.05, 3.63) is 76.7 Å². The molecule has 5 nitrogen and oxygen atoms in total. The zero-order valence-corrected chi connectivity index (χ0v) is 14.9. The van der Waals surface area contributed by atoms with Crippen LogP contribution in [0.25, 0.3) is 33.1 Å². The topological polar surface area (TPSA) is 84.7 Å². The molecule has 0 unspecified atom stereocenters. The van der Waals surface area contributed by atoms with Crippen LogP contribution >= 0.6 is 11.3 Å². The average Bonchev–Trinajstić information content (AvgIpc) is 3.04. The summed E-state index contributed by atoms with van der Waals surface area (Å²) in [7, 11) is 0. The molecule has 0 fully saturated rings. The van der Waals surface area contributed by atoms with Crippen LogP contribution in [0.1, 0.15) is 5.69 Å². The van der Waals surface area contributed by atoms with Gasteiger partial charge in [0.2, 0.25) is 0 Å². The van der Waals surface area contributed by atoms with E-state index in [0.29, 0.717) is 16.6 Å². The Kier molecular flexibility index (Phi) is 4.10. The zero-order valence-electron chi connectivity index (χ0n) is 14.1. The number of nitrogens with two attached hydrogens (primary N) is 1. The minimum absolute atomic E-state index is 0.190. The Hall–Kier alpha value is -3.25. The summed E-state index contributed by atoms with van der Waals surface area (Å²) in [6.07, 6.45) is 0. The number of rotatable bonds is 3. The third-order valence-electron chi connectivity index (χ3n) is 3.99. The highest BCUT2D eigenvalue weighted by Crippen LogP contribution is 2.36. The molecule has 0 saturated carbocycles. The lowest BCUT2D eigenvalue weighted by molar-refractivity contribution is 1.08. The number of benzene rings is 2. The fourth-order valence-electron chi connectivity index (χ4n) is 2.83. The number of hydrogen-bond donors (Lipinski definition) is 2. The highest BCUT2D eigenvalue weighted by Gasteiger charge is 2.16. The van der Waals surface area contributed by atoms with E-state index in [2.05, 4.69) is 39.2 Å². The van der Waals surface area contributed by atoms with Gasteiger partial charge in [-0.1, -0.05) is 65.9 Å². The van der Waals surface area contributed by atoms with Gasteiger partial charge in [0.05, 0.1) is 10.6 Å². The molecule has 0 aliphatic carbocycles. The number of anilines is 1. The van der Waals surface area contributed by atoms with E-state index in [9.17, 15) is 4.79 Å². The van der Waals surface area contributed by atoms with Crippen LogP contribution in [-0.4, -0.2) is 15.0 Å². The van der Waals surface area contributed by atoms with E-state index in [1.165, 1.54) is 17.4 Å². The van der Waals surface area contributed by atoms with Gasteiger partial charge in [-0.25, -0.2) is 9.97 Å². The second kappa shape index (κ2) is 6.57. The van der Waals surface area contributed by atoms with Crippen LogP contribution in [0.15, 0.2) is 65.5 Å². The standard InChI is InChI=1S/C20H16N4OS/c1-12-11-16(25)23-19(22-12)18-17(24-20(21)26-18)15-9-7-14(8-10-15)13-5-3-2-4-6-13/h2-11H,1H3,(H2,21,24)(H,22,23,25). The van der Waals surface area contributed by atoms with Crippen molar-refractivity contribution in [2.75, 3.05) is 5.73 Å². The molecule has 0 radical (unpaired) electrons. The van der Waals surface area contributed by atoms with E-state index in [-0.39, 0.29) is 5.56 Å². The number of thiazole rings is 1. The molecule has 2 aromatic carbocycles. The molecule has 4 rings (SSSR count). The van der Waals surface area contributed by atoms with E-state index in [1.54, 1.807) is 6.92 Å². The van der Waals surface area contributed by atoms with Crippen molar-refractivity contribution < 1.29 is 0 Å². The Morgan fingerprint density at radius 2 is 1.58 bits per heavy atom. The van der Waals surface area contributed by atoms with E-state index in [0.717, 1.165) is 27.3 Å². The summed E-state index contributed by atoms with van der Waals surface area (Å²) in [5, 5.41) is 0.436. The number of aromatic amines is 1. The van der Waals surface area contributed by atoms with Gasteiger partial charge in [-0.05, 0) is 18.1 Å². The van der Waals surface area contributed by atoms with Gasteiger partial charge in [-0.15, -0.1) is 0 Å². The van der Waals surface area contributed by atoms with Crippen LogP contribution in [0.5, 0.6) is 0 Å². The Balaban J connectivity index is 1.78. The lowest BCUT2D eigenvalue weighted by Gasteiger charge is -2.05. The molecular formula is C20H16N4OS. The van der Waals surface area contributed by atoms with Gasteiger partial charge in [0.15, 0.2) is 11.0 Å². The van der Waals surface area contributed by atoms with Crippen LogP contribution in [-0.2, 0) is 0 Å². The monoisotopic (exact) mass is 360 g/mol. The smallest absolute Gasteiger partial charge is 0.251 e. The predicted octanol–water partition coefficient (Wildman–Crippen LogP) is 4.12. The van der Waals surface area contributed by atoms with Crippen molar-refractivity contribution in [3.8, 4) is 33.1 Å². The molecule has 26 heavy (non-hydrogen) atoms. The molecule has 2 heterocycles. The summed E-state index contributed by atoms with van der Waals surface area (Å²) in [5.74, 6) is 0.492. The molecule has 0 bridgehead atoms. The molecule has 0 amide bonds. The van der Waals surface area contributed by atoms with Gasteiger partial charge in [0.1, 0.15) is 0 Å². The quantitative estimate of drug-likeness (QED) is 0.575. The molecule has 0 atom stereocenters. The van der Waals surface area contributed by atoms with Crippen LogP contribution in [0.3, 0.4) is 0 Å². The van der Waals surface area contributed by atoms with Crippen molar-refractivity contribution >= 4 is 16.5 Å². The third-order valence-corrected chi connectivity index (χ3v) is 4.89. The first-order chi connectivity index (χ1) is 12.6. The molecular weight excluding hydrogens is 344 g/mol. The maximum atomic E-state index is 11.8. The number of aromatic nitrogens is 3. The van der Waals surface area contributed by atoms with Crippen LogP contribution in [0.2, 0.25) is 0 Å². The van der Waals surface area contributed by atoms with E-state index in [4.69, 9.17) is 5.73 Å². The average molecular weight is 360 g/mol. The van der Waals surface area contributed by atoms with E-state index in [1.807, 2.05) is 30.3 Å². The lowest BCUT2D eigenvalue weighted by Crippen LogP contribution is -2.08. The number of hydrogen-bond acceptors (Lipinski definition) is 5. The van der Waals surface area contributed by atoms with Crippen LogP contribution < -0.4 is 11.3 Å². The summed E-state index contributed by atoms with van der Waals surface area (Å²) in [4.78, 5) is 24.2. The number of nitrogen functional groups attached to an aromatic ring is 1. The largest absolute Gasteiger partial charge is 0.375 e. The number of nitrogens with zero attached hydrogens (tertiary/aromatic N) is 2. The molecule has 4 aromatic rings. The normalized spacial score (nSPS) is 10.8. The minimum atomic E-state index is -0.190.